The fourth-order valence-electron chi connectivity index (χ4n) is 2.46. The number of nitrogens with zero attached hydrogens (tertiary/aromatic N) is 2. The Labute approximate surface area is 154 Å². The Morgan fingerprint density at radius 3 is 2.96 bits per heavy atom. The van der Waals surface area contributed by atoms with Gasteiger partial charge in [0.2, 0.25) is 5.91 Å². The van der Waals surface area contributed by atoms with E-state index in [1.807, 2.05) is 30.3 Å². The molecule has 132 valence electrons. The van der Waals surface area contributed by atoms with Gasteiger partial charge in [0.05, 0.1) is 29.5 Å². The van der Waals surface area contributed by atoms with Crippen molar-refractivity contribution in [3.8, 4) is 0 Å². The number of aryl methyl sites for hydroxylation is 1. The number of carbonyl (C=O) groups excluding carboxylic acids is 1. The highest BCUT2D eigenvalue weighted by Crippen LogP contribution is 2.28. The number of methoxy groups -OCH3 is 1. The van der Waals surface area contributed by atoms with Crippen LogP contribution < -0.4 is 10.9 Å². The molecule has 1 aliphatic heterocycles. The quantitative estimate of drug-likeness (QED) is 0.589. The third-order valence-electron chi connectivity index (χ3n) is 3.66. The summed E-state index contributed by atoms with van der Waals surface area (Å²) < 4.78 is 6.71. The van der Waals surface area contributed by atoms with Gasteiger partial charge in [-0.05, 0) is 12.1 Å². The molecule has 1 aliphatic rings. The van der Waals surface area contributed by atoms with Gasteiger partial charge in [-0.2, -0.15) is 0 Å². The molecule has 3 rings (SSSR count). The molecule has 0 bridgehead atoms. The Hall–Kier alpha value is -1.77. The first-order valence-corrected chi connectivity index (χ1v) is 9.89. The Kier molecular flexibility index (Phi) is 6.17. The average Bonchev–Trinajstić information content (AvgIpc) is 3.09. The van der Waals surface area contributed by atoms with Crippen LogP contribution in [0.1, 0.15) is 5.69 Å². The number of amides is 1. The van der Waals surface area contributed by atoms with E-state index in [1.54, 1.807) is 23.4 Å². The van der Waals surface area contributed by atoms with Crippen LogP contribution in [0, 0.1) is 0 Å². The van der Waals surface area contributed by atoms with Gasteiger partial charge >= 0.3 is 0 Å². The Balaban J connectivity index is 1.73. The molecule has 0 fully saturated rings. The van der Waals surface area contributed by atoms with Crippen molar-refractivity contribution in [1.82, 2.24) is 9.55 Å². The number of hydrogen-bond acceptors (Lipinski definition) is 6. The minimum atomic E-state index is -0.126. The summed E-state index contributed by atoms with van der Waals surface area (Å²) in [5, 5.41) is 3.41. The molecule has 1 N–H and O–H groups in total. The van der Waals surface area contributed by atoms with Gasteiger partial charge in [0.15, 0.2) is 5.16 Å². The largest absolute Gasteiger partial charge is 0.383 e. The Morgan fingerprint density at radius 1 is 1.40 bits per heavy atom. The first-order valence-electron chi connectivity index (χ1n) is 7.92. The molecule has 1 aromatic heterocycles. The highest BCUT2D eigenvalue weighted by Gasteiger charge is 2.22. The van der Waals surface area contributed by atoms with Crippen molar-refractivity contribution in [2.45, 2.75) is 23.0 Å². The highest BCUT2D eigenvalue weighted by atomic mass is 32.2. The lowest BCUT2D eigenvalue weighted by Crippen LogP contribution is -2.27. The maximum Gasteiger partial charge on any atom is 0.268 e. The molecule has 2 aromatic rings. The van der Waals surface area contributed by atoms with Gasteiger partial charge in [-0.1, -0.05) is 30.0 Å². The van der Waals surface area contributed by atoms with Crippen LogP contribution in [0.4, 0.5) is 5.69 Å². The fraction of sp³-hybridized carbons (Fsp3) is 0.353. The monoisotopic (exact) mass is 377 g/mol. The van der Waals surface area contributed by atoms with E-state index in [1.165, 1.54) is 11.8 Å². The predicted octanol–water partition coefficient (Wildman–Crippen LogP) is 2.27. The maximum absolute atomic E-state index is 12.7. The average molecular weight is 377 g/mol. The summed E-state index contributed by atoms with van der Waals surface area (Å²) >= 11 is 2.83. The van der Waals surface area contributed by atoms with E-state index in [0.717, 1.165) is 28.5 Å². The van der Waals surface area contributed by atoms with Crippen LogP contribution in [-0.4, -0.2) is 40.7 Å². The standard InChI is InChI=1S/C17H19N3O3S2/c1-23-9-8-20-16(22)15-13(7-10-24-15)19-17(20)25-11-14(21)18-12-5-3-2-4-6-12/h2-6H,7-11H2,1H3,(H,18,21). The van der Waals surface area contributed by atoms with Crippen LogP contribution in [-0.2, 0) is 22.5 Å². The number of aromatic nitrogens is 2. The fourth-order valence-corrected chi connectivity index (χ4v) is 4.35. The number of carbonyl (C=O) groups is 1. The normalized spacial score (nSPS) is 12.8. The van der Waals surface area contributed by atoms with Gasteiger partial charge in [0.25, 0.3) is 5.56 Å². The molecule has 25 heavy (non-hydrogen) atoms. The zero-order valence-corrected chi connectivity index (χ0v) is 15.5. The second-order valence-corrected chi connectivity index (χ2v) is 7.47. The lowest BCUT2D eigenvalue weighted by Gasteiger charge is -2.13. The van der Waals surface area contributed by atoms with Gasteiger partial charge in [0.1, 0.15) is 0 Å². The predicted molar refractivity (Wildman–Crippen MR) is 101 cm³/mol. The summed E-state index contributed by atoms with van der Waals surface area (Å²) in [6, 6.07) is 9.30. The zero-order chi connectivity index (χ0) is 17.6. The van der Waals surface area contributed by atoms with E-state index in [2.05, 4.69) is 10.3 Å². The zero-order valence-electron chi connectivity index (χ0n) is 13.9. The molecule has 1 aromatic carbocycles. The molecule has 6 nitrogen and oxygen atoms in total. The summed E-state index contributed by atoms with van der Waals surface area (Å²) in [7, 11) is 1.60. The van der Waals surface area contributed by atoms with Crippen molar-refractivity contribution in [1.29, 1.82) is 0 Å². The number of rotatable bonds is 7. The van der Waals surface area contributed by atoms with Gasteiger partial charge in [-0.3, -0.25) is 14.2 Å². The number of anilines is 1. The van der Waals surface area contributed by atoms with Crippen molar-refractivity contribution < 1.29 is 9.53 Å². The SMILES string of the molecule is COCCn1c(SCC(=O)Nc2ccccc2)nc2c(c1=O)SCC2. The second-order valence-electron chi connectivity index (χ2n) is 5.42. The second kappa shape index (κ2) is 8.55. The molecule has 8 heteroatoms. The molecule has 0 saturated carbocycles. The molecular formula is C17H19N3O3S2. The van der Waals surface area contributed by atoms with Crippen molar-refractivity contribution in [3.63, 3.8) is 0 Å². The van der Waals surface area contributed by atoms with Crippen LogP contribution in [0.3, 0.4) is 0 Å². The van der Waals surface area contributed by atoms with Crippen LogP contribution in [0.5, 0.6) is 0 Å². The summed E-state index contributed by atoms with van der Waals surface area (Å²) in [6.45, 7) is 0.855. The molecule has 1 amide bonds. The minimum absolute atomic E-state index is 0.0319. The van der Waals surface area contributed by atoms with Crippen LogP contribution >= 0.6 is 23.5 Å². The van der Waals surface area contributed by atoms with Gasteiger partial charge in [0, 0.05) is 25.0 Å². The number of ether oxygens (including phenoxy) is 1. The number of benzene rings is 1. The summed E-state index contributed by atoms with van der Waals surface area (Å²) in [6.07, 6.45) is 0.796. The molecule has 0 radical (unpaired) electrons. The maximum atomic E-state index is 12.7. The number of para-hydroxylation sites is 1. The number of nitrogens with one attached hydrogen (secondary N) is 1. The van der Waals surface area contributed by atoms with E-state index in [-0.39, 0.29) is 17.2 Å². The van der Waals surface area contributed by atoms with Crippen molar-refractivity contribution in [2.24, 2.45) is 0 Å². The smallest absolute Gasteiger partial charge is 0.268 e. The lowest BCUT2D eigenvalue weighted by atomic mass is 10.3. The van der Waals surface area contributed by atoms with Crippen molar-refractivity contribution >= 4 is 35.1 Å². The molecule has 0 spiro atoms. The Bertz CT molecular complexity index is 809. The Morgan fingerprint density at radius 2 is 2.20 bits per heavy atom. The molecule has 2 heterocycles. The van der Waals surface area contributed by atoms with Gasteiger partial charge in [-0.15, -0.1) is 11.8 Å². The van der Waals surface area contributed by atoms with E-state index >= 15 is 0 Å². The lowest BCUT2D eigenvalue weighted by molar-refractivity contribution is -0.113. The molecule has 0 aliphatic carbocycles. The number of hydrogen-bond donors (Lipinski definition) is 1. The van der Waals surface area contributed by atoms with Crippen LogP contribution in [0.25, 0.3) is 0 Å². The molecule has 0 atom stereocenters. The molecule has 0 saturated heterocycles. The summed E-state index contributed by atoms with van der Waals surface area (Å²) in [5.41, 5.74) is 1.56. The van der Waals surface area contributed by atoms with E-state index in [4.69, 9.17) is 4.74 Å². The van der Waals surface area contributed by atoms with Crippen molar-refractivity contribution in [3.05, 3.63) is 46.4 Å². The number of thioether (sulfide) groups is 2. The van der Waals surface area contributed by atoms with Crippen LogP contribution in [0.15, 0.2) is 45.2 Å². The van der Waals surface area contributed by atoms with Crippen LogP contribution in [0.2, 0.25) is 0 Å². The third kappa shape index (κ3) is 4.45. The summed E-state index contributed by atoms with van der Waals surface area (Å²) in [4.78, 5) is 30.2. The minimum Gasteiger partial charge on any atom is -0.383 e. The summed E-state index contributed by atoms with van der Waals surface area (Å²) in [5.74, 6) is 0.948. The highest BCUT2D eigenvalue weighted by molar-refractivity contribution is 8.00. The van der Waals surface area contributed by atoms with E-state index < -0.39 is 0 Å². The topological polar surface area (TPSA) is 73.2 Å². The first-order chi connectivity index (χ1) is 12.2. The molecular weight excluding hydrogens is 358 g/mol. The first kappa shape index (κ1) is 18.0. The van der Waals surface area contributed by atoms with E-state index in [9.17, 15) is 9.59 Å². The molecule has 0 unspecified atom stereocenters. The third-order valence-corrected chi connectivity index (χ3v) is 5.74. The van der Waals surface area contributed by atoms with Gasteiger partial charge < -0.3 is 10.1 Å². The van der Waals surface area contributed by atoms with Crippen molar-refractivity contribution in [2.75, 3.05) is 30.5 Å². The van der Waals surface area contributed by atoms with Gasteiger partial charge in [-0.25, -0.2) is 4.98 Å². The number of fused-ring (bicyclic) bond motifs is 1. The van der Waals surface area contributed by atoms with E-state index in [0.29, 0.717) is 18.3 Å².